The molecule has 9 nitrogen and oxygen atoms in total. The Hall–Kier alpha value is 0.685. The van der Waals surface area contributed by atoms with Crippen molar-refractivity contribution in [2.24, 2.45) is 0 Å². The Morgan fingerprint density at radius 2 is 0.545 bits per heavy atom. The predicted molar refractivity (Wildman–Crippen MR) is 81.1 cm³/mol. The minimum Gasteiger partial charge on any atom is -0.429 e. The maximum Gasteiger partial charge on any atom is 0.674 e. The number of hydrogen-bond donors (Lipinski definition) is 8. The fraction of sp³-hybridized carbons (Fsp3) is 1.00. The van der Waals surface area contributed by atoms with Gasteiger partial charge in [0, 0.05) is 29.6 Å². The van der Waals surface area contributed by atoms with E-state index in [0.29, 0.717) is 0 Å². The molecule has 0 aromatic rings. The van der Waals surface area contributed by atoms with Crippen molar-refractivity contribution in [3.05, 3.63) is 0 Å². The molecule has 131 valence electrons. The van der Waals surface area contributed by atoms with Crippen LogP contribution in [0.15, 0.2) is 0 Å². The van der Waals surface area contributed by atoms with Gasteiger partial charge in [-0.15, -0.1) is 0 Å². The van der Waals surface area contributed by atoms with Crippen LogP contribution >= 0.6 is 0 Å². The van der Waals surface area contributed by atoms with Crippen molar-refractivity contribution in [1.82, 2.24) is 0 Å². The van der Waals surface area contributed by atoms with Crippen LogP contribution in [0, 0.1) is 0 Å². The Balaban J connectivity index is -0.0000000250. The summed E-state index contributed by atoms with van der Waals surface area (Å²) >= 11 is 0. The third-order valence-electron chi connectivity index (χ3n) is 0. The van der Waals surface area contributed by atoms with E-state index in [2.05, 4.69) is 4.37 Å². The third kappa shape index (κ3) is 17100. The smallest absolute Gasteiger partial charge is 0.429 e. The van der Waals surface area contributed by atoms with E-state index in [1.165, 1.54) is 0 Å². The topological polar surface area (TPSA) is 165 Å². The van der Waals surface area contributed by atoms with Gasteiger partial charge >= 0.3 is 29.6 Å². The van der Waals surface area contributed by atoms with Gasteiger partial charge in [0.15, 0.2) is 0 Å². The van der Waals surface area contributed by atoms with Crippen LogP contribution in [-0.4, -0.2) is 129 Å². The van der Waals surface area contributed by atoms with Gasteiger partial charge in [0.2, 0.25) is 0 Å². The first-order valence-corrected chi connectivity index (χ1v) is 4.16. The molecule has 0 aromatic heterocycles. The van der Waals surface area contributed by atoms with Gasteiger partial charge in [-0.2, -0.15) is 0 Å². The zero-order chi connectivity index (χ0) is 17.9. The van der Waals surface area contributed by atoms with Crippen molar-refractivity contribution in [3.63, 3.8) is 0 Å². The van der Waals surface area contributed by atoms with Crippen molar-refractivity contribution < 1.29 is 61.8 Å². The molecule has 0 heterocycles. The summed E-state index contributed by atoms with van der Waals surface area (Å²) in [6.07, 6.45) is 0. The van der Waals surface area contributed by atoms with E-state index in [4.69, 9.17) is 40.2 Å². The van der Waals surface area contributed by atoms with Gasteiger partial charge in [0.1, 0.15) is 21.3 Å². The van der Waals surface area contributed by atoms with Crippen LogP contribution in [-0.2, 0) is 4.37 Å². The molecule has 0 saturated carbocycles. The summed E-state index contributed by atoms with van der Waals surface area (Å²) in [6, 6.07) is 0. The molecule has 1 radical (unpaired) electrons. The van der Waals surface area contributed by atoms with Crippen LogP contribution in [0.1, 0.15) is 0 Å². The molecule has 19 heteroatoms. The molecule has 0 amide bonds. The van der Waals surface area contributed by atoms with Crippen molar-refractivity contribution >= 4 is 67.6 Å². The van der Waals surface area contributed by atoms with Crippen molar-refractivity contribution in [2.75, 3.05) is 21.3 Å². The molecule has 0 aliphatic rings. The Labute approximate surface area is 150 Å². The summed E-state index contributed by atoms with van der Waals surface area (Å²) in [5.41, 5.74) is 0. The van der Waals surface area contributed by atoms with Gasteiger partial charge in [-0.1, -0.05) is 8.41 Å². The predicted octanol–water partition coefficient (Wildman–Crippen LogP) is -5.70. The van der Waals surface area contributed by atoms with Crippen molar-refractivity contribution in [3.8, 4) is 0 Å². The monoisotopic (exact) mass is 355 g/mol. The molecule has 0 rings (SSSR count). The first kappa shape index (κ1) is 43.4. The van der Waals surface area contributed by atoms with E-state index in [1.54, 1.807) is 0 Å². The van der Waals surface area contributed by atoms with Gasteiger partial charge in [-0.05, 0) is 0 Å². The molecule has 0 fully saturated rings. The van der Waals surface area contributed by atoms with E-state index in [-0.39, 0.29) is 38.0 Å². The largest absolute Gasteiger partial charge is 0.674 e. The molecule has 0 atom stereocenters. The molecular formula is C3H21B5F4NaO9. The Morgan fingerprint density at radius 1 is 0.545 bits per heavy atom. The first-order chi connectivity index (χ1) is 8.66. The standard InChI is InChI=1S/C3H9O.4BFH2O2.BH4.Na/c1-4(2)3;4*2-1(3)4;;/h1-3H3;4*3-4H;1H4;/q+1;;;;;-1;. The van der Waals surface area contributed by atoms with Crippen LogP contribution in [0.4, 0.5) is 17.3 Å². The molecule has 0 aliphatic carbocycles. The Kier molecular flexibility index (Phi) is 74.3. The van der Waals surface area contributed by atoms with Crippen LogP contribution in [0.3, 0.4) is 0 Å². The van der Waals surface area contributed by atoms with E-state index >= 15 is 0 Å². The molecule has 0 saturated heterocycles. The number of hydrogen-bond acceptors (Lipinski definition) is 8. The normalized spacial score (nSPS) is 6.55. The van der Waals surface area contributed by atoms with Gasteiger partial charge in [-0.25, -0.2) is 0 Å². The van der Waals surface area contributed by atoms with Gasteiger partial charge < -0.3 is 44.6 Å². The molecular weight excluding hydrogens is 333 g/mol. The molecule has 8 N–H and O–H groups in total. The van der Waals surface area contributed by atoms with Gasteiger partial charge in [0.05, 0.1) is 0 Å². The Morgan fingerprint density at radius 3 is 0.545 bits per heavy atom. The summed E-state index contributed by atoms with van der Waals surface area (Å²) in [7, 11) is -4.92. The quantitative estimate of drug-likeness (QED) is 0.121. The summed E-state index contributed by atoms with van der Waals surface area (Å²) in [5, 5.41) is 55.6. The fourth-order valence-electron chi connectivity index (χ4n) is 0. The molecule has 0 bridgehead atoms. The molecule has 0 aliphatic heterocycles. The van der Waals surface area contributed by atoms with Gasteiger partial charge in [-0.3, -0.25) is 17.3 Å². The second-order valence-corrected chi connectivity index (χ2v) is 2.47. The Bertz CT molecular complexity index is 104. The molecule has 0 unspecified atom stereocenters. The minimum absolute atomic E-state index is 0. The summed E-state index contributed by atoms with van der Waals surface area (Å²) in [6.45, 7) is 0. The summed E-state index contributed by atoms with van der Waals surface area (Å²) < 4.78 is 43.0. The summed E-state index contributed by atoms with van der Waals surface area (Å²) in [4.78, 5) is 0. The third-order valence-corrected chi connectivity index (χ3v) is 0. The van der Waals surface area contributed by atoms with E-state index in [0.717, 1.165) is 0 Å². The second-order valence-electron chi connectivity index (χ2n) is 2.47. The maximum absolute atomic E-state index is 10.1. The SMILES string of the molecule is C[O+](C)C.OB(O)F.OB(O)F.OB(O)F.OB(O)F.[BH4-].[Na]. The van der Waals surface area contributed by atoms with Crippen LogP contribution in [0.5, 0.6) is 0 Å². The fourth-order valence-corrected chi connectivity index (χ4v) is 0. The maximum atomic E-state index is 10.1. The second kappa shape index (κ2) is 37.7. The molecule has 22 heavy (non-hydrogen) atoms. The zero-order valence-corrected chi connectivity index (χ0v) is 13.8. The van der Waals surface area contributed by atoms with Crippen LogP contribution < -0.4 is 0 Å². The van der Waals surface area contributed by atoms with E-state index in [9.17, 15) is 17.3 Å². The van der Waals surface area contributed by atoms with Crippen molar-refractivity contribution in [2.45, 2.75) is 0 Å². The number of rotatable bonds is 0. The summed E-state index contributed by atoms with van der Waals surface area (Å²) in [5.74, 6) is 0. The van der Waals surface area contributed by atoms with E-state index < -0.39 is 29.6 Å². The zero-order valence-electron chi connectivity index (χ0n) is 11.8. The minimum atomic E-state index is -2.67. The average molecular weight is 354 g/mol. The number of halogens is 4. The molecule has 0 aromatic carbocycles. The van der Waals surface area contributed by atoms with E-state index in [1.807, 2.05) is 21.3 Å². The first-order valence-electron chi connectivity index (χ1n) is 4.16. The van der Waals surface area contributed by atoms with Gasteiger partial charge in [0.25, 0.3) is 0 Å². The average Bonchev–Trinajstić information content (AvgIpc) is 1.94. The van der Waals surface area contributed by atoms with Crippen LogP contribution in [0.25, 0.3) is 0 Å². The van der Waals surface area contributed by atoms with Crippen molar-refractivity contribution in [1.29, 1.82) is 0 Å². The van der Waals surface area contributed by atoms with Crippen LogP contribution in [0.2, 0.25) is 0 Å². The molecule has 0 spiro atoms.